The van der Waals surface area contributed by atoms with Crippen LogP contribution in [0.5, 0.6) is 0 Å². The molecule has 31 heavy (non-hydrogen) atoms. The zero-order chi connectivity index (χ0) is 21.2. The van der Waals surface area contributed by atoms with E-state index in [4.69, 9.17) is 4.74 Å². The number of rotatable bonds is 6. The summed E-state index contributed by atoms with van der Waals surface area (Å²) >= 11 is 0. The minimum atomic E-state index is 0.257. The van der Waals surface area contributed by atoms with E-state index in [9.17, 15) is 0 Å². The Morgan fingerprint density at radius 1 is 0.839 bits per heavy atom. The molecule has 3 fully saturated rings. The van der Waals surface area contributed by atoms with Crippen LogP contribution in [0, 0.1) is 19.8 Å². The van der Waals surface area contributed by atoms with Gasteiger partial charge in [0.25, 0.3) is 0 Å². The summed E-state index contributed by atoms with van der Waals surface area (Å²) in [5, 5.41) is 0. The van der Waals surface area contributed by atoms with Crippen LogP contribution in [-0.2, 0) is 11.3 Å². The van der Waals surface area contributed by atoms with Crippen molar-refractivity contribution in [2.24, 2.45) is 5.92 Å². The predicted octanol–water partition coefficient (Wildman–Crippen LogP) is 6.11. The van der Waals surface area contributed by atoms with Crippen LogP contribution in [0.25, 0.3) is 0 Å². The summed E-state index contributed by atoms with van der Waals surface area (Å²) in [6, 6.07) is 29.2. The molecule has 3 aliphatic rings. The Morgan fingerprint density at radius 2 is 1.45 bits per heavy atom. The number of nitrogens with zero attached hydrogens (tertiary/aromatic N) is 1. The quantitative estimate of drug-likeness (QED) is 0.485. The summed E-state index contributed by atoms with van der Waals surface area (Å²) in [6.07, 6.45) is 2.77. The summed E-state index contributed by atoms with van der Waals surface area (Å²) in [5.41, 5.74) is 6.75. The van der Waals surface area contributed by atoms with E-state index in [0.29, 0.717) is 24.5 Å². The van der Waals surface area contributed by atoms with E-state index in [0.717, 1.165) is 0 Å². The molecule has 0 radical (unpaired) electrons. The van der Waals surface area contributed by atoms with E-state index in [1.54, 1.807) is 0 Å². The maximum atomic E-state index is 6.83. The molecular weight excluding hydrogens is 378 g/mol. The van der Waals surface area contributed by atoms with Gasteiger partial charge in [0.2, 0.25) is 0 Å². The minimum absolute atomic E-state index is 0.257. The fraction of sp³-hybridized carbons (Fsp3) is 0.379. The Labute approximate surface area is 186 Å². The molecule has 0 amide bonds. The van der Waals surface area contributed by atoms with Gasteiger partial charge in [0, 0.05) is 12.0 Å². The van der Waals surface area contributed by atoms with Crippen LogP contribution in [0.15, 0.2) is 78.9 Å². The second kappa shape index (κ2) is 8.98. The van der Waals surface area contributed by atoms with E-state index in [-0.39, 0.29) is 6.10 Å². The summed E-state index contributed by atoms with van der Waals surface area (Å²) in [7, 11) is 0. The van der Waals surface area contributed by atoms with Crippen LogP contribution in [0.2, 0.25) is 0 Å². The molecule has 0 aromatic heterocycles. The third-order valence-corrected chi connectivity index (χ3v) is 7.39. The van der Waals surface area contributed by atoms with Crippen molar-refractivity contribution < 1.29 is 4.74 Å². The number of hydrogen-bond donors (Lipinski definition) is 0. The summed E-state index contributed by atoms with van der Waals surface area (Å²) in [6.45, 7) is 7.45. The van der Waals surface area contributed by atoms with E-state index in [1.807, 2.05) is 0 Å². The monoisotopic (exact) mass is 411 g/mol. The van der Waals surface area contributed by atoms with Crippen LogP contribution >= 0.6 is 0 Å². The average Bonchev–Trinajstić information content (AvgIpc) is 2.82. The van der Waals surface area contributed by atoms with Crippen molar-refractivity contribution >= 4 is 0 Å². The standard InChI is InChI=1S/C29H33NO/c1-21-13-14-22(2)26(19-21)20-31-29-25-15-17-30(18-16-25)28(29)27(23-9-5-3-6-10-23)24-11-7-4-8-12-24/h3-14,19,25,27-29H,15-18,20H2,1-2H3/t28-,29-/m0/s1. The first-order valence-corrected chi connectivity index (χ1v) is 11.7. The van der Waals surface area contributed by atoms with Gasteiger partial charge in [-0.2, -0.15) is 0 Å². The molecule has 0 spiro atoms. The molecule has 0 aliphatic carbocycles. The molecule has 160 valence electrons. The van der Waals surface area contributed by atoms with Crippen molar-refractivity contribution in [3.63, 3.8) is 0 Å². The Bertz CT molecular complexity index is 952. The molecular formula is C29H33NO. The lowest BCUT2D eigenvalue weighted by molar-refractivity contribution is -0.120. The number of aryl methyl sites for hydroxylation is 2. The first-order chi connectivity index (χ1) is 15.2. The van der Waals surface area contributed by atoms with Crippen LogP contribution in [0.4, 0.5) is 0 Å². The van der Waals surface area contributed by atoms with Gasteiger partial charge >= 0.3 is 0 Å². The number of piperidine rings is 3. The Hall–Kier alpha value is -2.42. The highest BCUT2D eigenvalue weighted by atomic mass is 16.5. The SMILES string of the molecule is Cc1ccc(C)c(CO[C@H]2C3CCN(CC3)[C@H]2C(c2ccccc2)c2ccccc2)c1. The van der Waals surface area contributed by atoms with Crippen molar-refractivity contribution in [3.05, 3.63) is 107 Å². The lowest BCUT2D eigenvalue weighted by Crippen LogP contribution is -2.60. The highest BCUT2D eigenvalue weighted by molar-refractivity contribution is 5.36. The molecule has 0 unspecified atom stereocenters. The molecule has 3 saturated heterocycles. The van der Waals surface area contributed by atoms with Gasteiger partial charge in [0.15, 0.2) is 0 Å². The van der Waals surface area contributed by atoms with Crippen LogP contribution in [0.3, 0.4) is 0 Å². The lowest BCUT2D eigenvalue weighted by Gasteiger charge is -2.53. The number of fused-ring (bicyclic) bond motifs is 3. The third kappa shape index (κ3) is 4.20. The van der Waals surface area contributed by atoms with Crippen molar-refractivity contribution in [2.45, 2.75) is 51.4 Å². The molecule has 2 heteroatoms. The first-order valence-electron chi connectivity index (χ1n) is 11.7. The largest absolute Gasteiger partial charge is 0.372 e. The van der Waals surface area contributed by atoms with Gasteiger partial charge in [0.05, 0.1) is 12.7 Å². The summed E-state index contributed by atoms with van der Waals surface area (Å²) < 4.78 is 6.83. The molecule has 2 bridgehead atoms. The summed E-state index contributed by atoms with van der Waals surface area (Å²) in [4.78, 5) is 2.71. The fourth-order valence-electron chi connectivity index (χ4n) is 5.72. The van der Waals surface area contributed by atoms with Crippen LogP contribution in [-0.4, -0.2) is 30.1 Å². The average molecular weight is 412 g/mol. The highest BCUT2D eigenvalue weighted by Gasteiger charge is 2.47. The van der Waals surface area contributed by atoms with Crippen LogP contribution < -0.4 is 0 Å². The third-order valence-electron chi connectivity index (χ3n) is 7.39. The normalized spacial score (nSPS) is 25.1. The second-order valence-corrected chi connectivity index (χ2v) is 9.37. The minimum Gasteiger partial charge on any atom is -0.372 e. The Kier molecular flexibility index (Phi) is 5.93. The zero-order valence-corrected chi connectivity index (χ0v) is 18.7. The van der Waals surface area contributed by atoms with E-state index in [2.05, 4.69) is 97.6 Å². The van der Waals surface area contributed by atoms with Gasteiger partial charge in [-0.25, -0.2) is 0 Å². The maximum absolute atomic E-state index is 6.83. The van der Waals surface area contributed by atoms with Crippen molar-refractivity contribution in [2.75, 3.05) is 13.1 Å². The number of ether oxygens (including phenoxy) is 1. The molecule has 3 aromatic carbocycles. The molecule has 6 rings (SSSR count). The number of hydrogen-bond acceptors (Lipinski definition) is 2. The van der Waals surface area contributed by atoms with Gasteiger partial charge in [-0.05, 0) is 68.0 Å². The maximum Gasteiger partial charge on any atom is 0.0773 e. The molecule has 3 heterocycles. The topological polar surface area (TPSA) is 12.5 Å². The Balaban J connectivity index is 1.50. The fourth-order valence-corrected chi connectivity index (χ4v) is 5.72. The predicted molar refractivity (Wildman–Crippen MR) is 127 cm³/mol. The van der Waals surface area contributed by atoms with Gasteiger partial charge < -0.3 is 4.74 Å². The highest BCUT2D eigenvalue weighted by Crippen LogP contribution is 2.43. The number of benzene rings is 3. The van der Waals surface area contributed by atoms with Gasteiger partial charge in [0.1, 0.15) is 0 Å². The van der Waals surface area contributed by atoms with Crippen LogP contribution in [0.1, 0.15) is 46.6 Å². The smallest absolute Gasteiger partial charge is 0.0773 e. The van der Waals surface area contributed by atoms with Crippen molar-refractivity contribution in [1.82, 2.24) is 4.90 Å². The molecule has 3 aromatic rings. The first kappa shape index (κ1) is 20.5. The van der Waals surface area contributed by atoms with E-state index < -0.39 is 0 Å². The molecule has 0 N–H and O–H groups in total. The van der Waals surface area contributed by atoms with Crippen molar-refractivity contribution in [1.29, 1.82) is 0 Å². The molecule has 0 saturated carbocycles. The van der Waals surface area contributed by atoms with E-state index in [1.165, 1.54) is 53.7 Å². The molecule has 2 atom stereocenters. The van der Waals surface area contributed by atoms with Gasteiger partial charge in [-0.1, -0.05) is 84.4 Å². The second-order valence-electron chi connectivity index (χ2n) is 9.37. The van der Waals surface area contributed by atoms with Crippen molar-refractivity contribution in [3.8, 4) is 0 Å². The Morgan fingerprint density at radius 3 is 2.06 bits per heavy atom. The lowest BCUT2D eigenvalue weighted by atomic mass is 9.72. The molecule has 2 nitrogen and oxygen atoms in total. The van der Waals surface area contributed by atoms with E-state index >= 15 is 0 Å². The van der Waals surface area contributed by atoms with Gasteiger partial charge in [-0.3, -0.25) is 4.90 Å². The van der Waals surface area contributed by atoms with Gasteiger partial charge in [-0.15, -0.1) is 0 Å². The summed E-state index contributed by atoms with van der Waals surface area (Å²) in [5.74, 6) is 0.976. The zero-order valence-electron chi connectivity index (χ0n) is 18.7. The molecule has 3 aliphatic heterocycles.